The minimum absolute atomic E-state index is 0.322. The molecule has 0 saturated carbocycles. The van der Waals surface area contributed by atoms with Crippen molar-refractivity contribution in [2.24, 2.45) is 0 Å². The summed E-state index contributed by atoms with van der Waals surface area (Å²) < 4.78 is 0. The Balaban J connectivity index is 2.60. The zero-order chi connectivity index (χ0) is 7.78. The molecule has 0 spiro atoms. The predicted octanol–water partition coefficient (Wildman–Crippen LogP) is 2.05. The van der Waals surface area contributed by atoms with Crippen LogP contribution in [0.1, 0.15) is 27.7 Å². The first kappa shape index (κ1) is 7.80. The Morgan fingerprint density at radius 3 is 2.20 bits per heavy atom. The van der Waals surface area contributed by atoms with E-state index in [-0.39, 0.29) is 0 Å². The third kappa shape index (κ3) is 1.40. The van der Waals surface area contributed by atoms with Crippen LogP contribution in [0.3, 0.4) is 0 Å². The van der Waals surface area contributed by atoms with Crippen LogP contribution in [0.15, 0.2) is 12.2 Å². The lowest BCUT2D eigenvalue weighted by Gasteiger charge is -2.35. The average Bonchev–Trinajstić information content (AvgIpc) is 2.11. The van der Waals surface area contributed by atoms with Crippen molar-refractivity contribution < 1.29 is 0 Å². The monoisotopic (exact) mass is 139 g/mol. The SMILES string of the molecule is CC1C=CCN1C(C)(C)C. The maximum absolute atomic E-state index is 2.48. The molecule has 0 aromatic rings. The molecule has 0 aliphatic carbocycles. The second-order valence-corrected chi connectivity index (χ2v) is 3.99. The van der Waals surface area contributed by atoms with Crippen LogP contribution in [0.25, 0.3) is 0 Å². The molecule has 1 aliphatic heterocycles. The molecule has 1 atom stereocenters. The van der Waals surface area contributed by atoms with E-state index in [2.05, 4.69) is 44.7 Å². The molecule has 10 heavy (non-hydrogen) atoms. The van der Waals surface area contributed by atoms with Crippen LogP contribution in [0.5, 0.6) is 0 Å². The van der Waals surface area contributed by atoms with Crippen LogP contribution in [-0.4, -0.2) is 23.0 Å². The standard InChI is InChI=1S/C9H17N/c1-8-6-5-7-10(8)9(2,3)4/h5-6,8H,7H2,1-4H3. The molecular weight excluding hydrogens is 122 g/mol. The molecule has 1 aliphatic rings. The number of nitrogens with zero attached hydrogens (tertiary/aromatic N) is 1. The summed E-state index contributed by atoms with van der Waals surface area (Å²) in [6, 6.07) is 0.625. The van der Waals surface area contributed by atoms with E-state index >= 15 is 0 Å². The van der Waals surface area contributed by atoms with Crippen LogP contribution in [0.2, 0.25) is 0 Å². The predicted molar refractivity (Wildman–Crippen MR) is 45.1 cm³/mol. The van der Waals surface area contributed by atoms with E-state index in [0.29, 0.717) is 11.6 Å². The van der Waals surface area contributed by atoms with E-state index in [4.69, 9.17) is 0 Å². The summed E-state index contributed by atoms with van der Waals surface area (Å²) in [4.78, 5) is 2.48. The second kappa shape index (κ2) is 2.39. The van der Waals surface area contributed by atoms with Crippen molar-refractivity contribution in [3.63, 3.8) is 0 Å². The molecule has 1 nitrogen and oxygen atoms in total. The van der Waals surface area contributed by atoms with Gasteiger partial charge in [-0.1, -0.05) is 12.2 Å². The van der Waals surface area contributed by atoms with Crippen molar-refractivity contribution in [2.75, 3.05) is 6.54 Å². The Hall–Kier alpha value is -0.300. The van der Waals surface area contributed by atoms with Gasteiger partial charge in [-0.2, -0.15) is 0 Å². The van der Waals surface area contributed by atoms with Crippen LogP contribution < -0.4 is 0 Å². The molecule has 1 heterocycles. The van der Waals surface area contributed by atoms with Crippen LogP contribution in [0.4, 0.5) is 0 Å². The fourth-order valence-corrected chi connectivity index (χ4v) is 1.53. The van der Waals surface area contributed by atoms with E-state index in [9.17, 15) is 0 Å². The molecule has 0 amide bonds. The summed E-state index contributed by atoms with van der Waals surface area (Å²) in [5.41, 5.74) is 0.322. The zero-order valence-electron chi connectivity index (χ0n) is 7.39. The van der Waals surface area contributed by atoms with E-state index in [1.165, 1.54) is 0 Å². The van der Waals surface area contributed by atoms with Gasteiger partial charge in [0.1, 0.15) is 0 Å². The van der Waals surface area contributed by atoms with Crippen molar-refractivity contribution >= 4 is 0 Å². The Labute approximate surface area is 63.7 Å². The molecule has 0 saturated heterocycles. The lowest BCUT2D eigenvalue weighted by atomic mass is 10.1. The highest BCUT2D eigenvalue weighted by molar-refractivity contribution is 5.05. The zero-order valence-corrected chi connectivity index (χ0v) is 7.39. The fourth-order valence-electron chi connectivity index (χ4n) is 1.53. The minimum atomic E-state index is 0.322. The summed E-state index contributed by atoms with van der Waals surface area (Å²) in [5, 5.41) is 0. The van der Waals surface area contributed by atoms with Crippen LogP contribution >= 0.6 is 0 Å². The fraction of sp³-hybridized carbons (Fsp3) is 0.778. The summed E-state index contributed by atoms with van der Waals surface area (Å²) in [6.07, 6.45) is 4.52. The lowest BCUT2D eigenvalue weighted by Crippen LogP contribution is -2.43. The number of hydrogen-bond acceptors (Lipinski definition) is 1. The molecule has 0 aromatic heterocycles. The normalized spacial score (nSPS) is 27.8. The lowest BCUT2D eigenvalue weighted by molar-refractivity contribution is 0.141. The van der Waals surface area contributed by atoms with Gasteiger partial charge >= 0.3 is 0 Å². The van der Waals surface area contributed by atoms with Gasteiger partial charge in [0.25, 0.3) is 0 Å². The van der Waals surface area contributed by atoms with Crippen molar-refractivity contribution in [3.05, 3.63) is 12.2 Å². The van der Waals surface area contributed by atoms with E-state index in [1.54, 1.807) is 0 Å². The molecule has 0 N–H and O–H groups in total. The maximum Gasteiger partial charge on any atom is 0.0258 e. The topological polar surface area (TPSA) is 3.24 Å². The van der Waals surface area contributed by atoms with Gasteiger partial charge in [0.2, 0.25) is 0 Å². The third-order valence-electron chi connectivity index (χ3n) is 2.07. The molecule has 0 aromatic carbocycles. The van der Waals surface area contributed by atoms with E-state index in [0.717, 1.165) is 6.54 Å². The first-order valence-electron chi connectivity index (χ1n) is 3.95. The summed E-state index contributed by atoms with van der Waals surface area (Å²) in [5.74, 6) is 0. The van der Waals surface area contributed by atoms with Gasteiger partial charge in [0.05, 0.1) is 0 Å². The second-order valence-electron chi connectivity index (χ2n) is 3.99. The Morgan fingerprint density at radius 1 is 1.40 bits per heavy atom. The smallest absolute Gasteiger partial charge is 0.0258 e. The Kier molecular flexibility index (Phi) is 1.86. The van der Waals surface area contributed by atoms with Gasteiger partial charge in [0.15, 0.2) is 0 Å². The van der Waals surface area contributed by atoms with Crippen molar-refractivity contribution in [2.45, 2.75) is 39.3 Å². The Bertz CT molecular complexity index is 141. The highest BCUT2D eigenvalue weighted by atomic mass is 15.2. The minimum Gasteiger partial charge on any atom is -0.289 e. The van der Waals surface area contributed by atoms with Crippen molar-refractivity contribution in [1.82, 2.24) is 4.90 Å². The molecule has 58 valence electrons. The van der Waals surface area contributed by atoms with Gasteiger partial charge in [0, 0.05) is 18.1 Å². The summed E-state index contributed by atoms with van der Waals surface area (Å²) >= 11 is 0. The molecule has 1 unspecified atom stereocenters. The summed E-state index contributed by atoms with van der Waals surface area (Å²) in [7, 11) is 0. The van der Waals surface area contributed by atoms with Crippen LogP contribution in [-0.2, 0) is 0 Å². The average molecular weight is 139 g/mol. The maximum atomic E-state index is 2.48. The van der Waals surface area contributed by atoms with Crippen molar-refractivity contribution in [1.29, 1.82) is 0 Å². The highest BCUT2D eigenvalue weighted by Gasteiger charge is 2.26. The largest absolute Gasteiger partial charge is 0.289 e. The molecule has 1 rings (SSSR count). The van der Waals surface area contributed by atoms with Crippen molar-refractivity contribution in [3.8, 4) is 0 Å². The Morgan fingerprint density at radius 2 is 2.00 bits per heavy atom. The van der Waals surface area contributed by atoms with E-state index in [1.807, 2.05) is 0 Å². The molecule has 0 bridgehead atoms. The first-order chi connectivity index (χ1) is 4.52. The van der Waals surface area contributed by atoms with E-state index < -0.39 is 0 Å². The third-order valence-corrected chi connectivity index (χ3v) is 2.07. The molecule has 1 heteroatoms. The first-order valence-corrected chi connectivity index (χ1v) is 3.95. The number of hydrogen-bond donors (Lipinski definition) is 0. The summed E-state index contributed by atoms with van der Waals surface area (Å²) in [6.45, 7) is 10.1. The van der Waals surface area contributed by atoms with Crippen LogP contribution in [0, 0.1) is 0 Å². The number of rotatable bonds is 0. The van der Waals surface area contributed by atoms with Gasteiger partial charge in [-0.25, -0.2) is 0 Å². The van der Waals surface area contributed by atoms with Gasteiger partial charge in [-0.15, -0.1) is 0 Å². The highest BCUT2D eigenvalue weighted by Crippen LogP contribution is 2.20. The van der Waals surface area contributed by atoms with Gasteiger partial charge in [-0.3, -0.25) is 4.90 Å². The molecule has 0 radical (unpaired) electrons. The molecule has 0 fully saturated rings. The molecular formula is C9H17N. The van der Waals surface area contributed by atoms with Gasteiger partial charge in [-0.05, 0) is 27.7 Å². The quantitative estimate of drug-likeness (QED) is 0.464. The van der Waals surface area contributed by atoms with Gasteiger partial charge < -0.3 is 0 Å².